The first-order valence-corrected chi connectivity index (χ1v) is 0. The lowest BCUT2D eigenvalue weighted by atomic mass is 16.0. The Morgan fingerprint density at radius 2 is 0.375 bits per heavy atom. The molecule has 0 aliphatic heterocycles. The second kappa shape index (κ2) is 149. The molecule has 0 aliphatic rings. The molecule has 0 amide bonds. The van der Waals surface area contributed by atoms with E-state index in [9.17, 15) is 0 Å². The zero-order valence-corrected chi connectivity index (χ0v) is 4.45. The van der Waals surface area contributed by atoms with E-state index in [0.717, 1.165) is 0 Å². The Bertz CT molecular complexity index is 12.0. The molecule has 0 fully saturated rings. The van der Waals surface area contributed by atoms with Crippen molar-refractivity contribution in [2.75, 3.05) is 0 Å². The molecule has 0 aromatic rings. The smallest absolute Gasteiger partial charge is 0.316 e. The first-order chi connectivity index (χ1) is 0. The summed E-state index contributed by atoms with van der Waals surface area (Å²) in [5, 5.41) is 0. The van der Waals surface area contributed by atoms with Crippen molar-refractivity contribution in [1.29, 1.82) is 0 Å². The molecule has 4 nitrogen and oxygen atoms in total. The molecule has 0 bridgehead atoms. The SMILES string of the molecule is Cl.Cl.O.O.O.O.[MgH2].[MgH2]. The molecule has 0 saturated carbocycles. The van der Waals surface area contributed by atoms with Gasteiger partial charge in [-0.1, -0.05) is 0 Å². The summed E-state index contributed by atoms with van der Waals surface area (Å²) in [7, 11) is 0. The Morgan fingerprint density at radius 1 is 0.375 bits per heavy atom. The fourth-order valence-electron chi connectivity index (χ4n) is 0. The van der Waals surface area contributed by atoms with Gasteiger partial charge >= 0.3 is 46.1 Å². The molecule has 8 heteroatoms. The normalized spacial score (nSPS) is 0. The van der Waals surface area contributed by atoms with Gasteiger partial charge in [-0.25, -0.2) is 0 Å². The third-order valence-electron chi connectivity index (χ3n) is 0. The summed E-state index contributed by atoms with van der Waals surface area (Å²) in [4.78, 5) is 0. The molecule has 0 heterocycles. The van der Waals surface area contributed by atoms with E-state index in [2.05, 4.69) is 0 Å². The highest BCUT2D eigenvalue weighted by Crippen LogP contribution is 0.691. The monoisotopic (exact) mass is 196 g/mol. The second-order valence-corrected chi connectivity index (χ2v) is 0. The van der Waals surface area contributed by atoms with Gasteiger partial charge in [0.1, 0.15) is 0 Å². The lowest BCUT2D eigenvalue weighted by molar-refractivity contribution is 0.823. The molecule has 8 heavy (non-hydrogen) atoms. The quantitative estimate of drug-likeness (QED) is 0.349. The molecule has 0 rings (SSSR count). The van der Waals surface area contributed by atoms with Crippen molar-refractivity contribution in [3.63, 3.8) is 0 Å². The average Bonchev–Trinajstić information content (AvgIpc) is 0. The van der Waals surface area contributed by atoms with Crippen LogP contribution in [0.2, 0.25) is 0 Å². The van der Waals surface area contributed by atoms with Gasteiger partial charge in [0.25, 0.3) is 0 Å². The van der Waals surface area contributed by atoms with Gasteiger partial charge in [-0.05, 0) is 0 Å². The van der Waals surface area contributed by atoms with E-state index in [-0.39, 0.29) is 92.8 Å². The van der Waals surface area contributed by atoms with E-state index in [1.54, 1.807) is 0 Å². The lowest BCUT2D eigenvalue weighted by Gasteiger charge is -0.413. The molecule has 0 aromatic carbocycles. The van der Waals surface area contributed by atoms with E-state index in [4.69, 9.17) is 0 Å². The molecule has 0 saturated heterocycles. The van der Waals surface area contributed by atoms with Gasteiger partial charge in [0.2, 0.25) is 0 Å². The van der Waals surface area contributed by atoms with E-state index < -0.39 is 0 Å². The lowest BCUT2D eigenvalue weighted by Crippen LogP contribution is -0.382. The van der Waals surface area contributed by atoms with Gasteiger partial charge in [0.15, 0.2) is 0 Å². The van der Waals surface area contributed by atoms with Crippen LogP contribution in [-0.2, 0) is 0 Å². The Morgan fingerprint density at radius 3 is 0.375 bits per heavy atom. The third kappa shape index (κ3) is 101. The summed E-state index contributed by atoms with van der Waals surface area (Å²) in [6.07, 6.45) is 0. The maximum absolute atomic E-state index is 0. The minimum absolute atomic E-state index is 0. The van der Waals surface area contributed by atoms with Gasteiger partial charge in [0.05, 0.1) is 0 Å². The number of halogens is 2. The van der Waals surface area contributed by atoms with Crippen LogP contribution in [0.3, 0.4) is 0 Å². The van der Waals surface area contributed by atoms with Crippen molar-refractivity contribution in [3.8, 4) is 0 Å². The Kier molecular flexibility index (Phi) is 3880. The highest BCUT2D eigenvalue weighted by molar-refractivity contribution is 5.85. The van der Waals surface area contributed by atoms with Crippen LogP contribution in [0.25, 0.3) is 0 Å². The number of hydrogen-bond donors (Lipinski definition) is 0. The van der Waals surface area contributed by atoms with Crippen LogP contribution in [0.1, 0.15) is 0 Å². The number of hydrogen-bond acceptors (Lipinski definition) is 0. The first kappa shape index (κ1) is 209. The molecular weight excluding hydrogens is 184 g/mol. The summed E-state index contributed by atoms with van der Waals surface area (Å²) >= 11 is 0. The predicted octanol–water partition coefficient (Wildman–Crippen LogP) is -4.29. The van der Waals surface area contributed by atoms with Crippen molar-refractivity contribution in [2.45, 2.75) is 0 Å². The summed E-state index contributed by atoms with van der Waals surface area (Å²) in [6, 6.07) is 0. The van der Waals surface area contributed by atoms with Gasteiger partial charge in [0, 0.05) is 0 Å². The summed E-state index contributed by atoms with van der Waals surface area (Å²) in [5.74, 6) is 0. The molecular formula is H14Cl2Mg2O4. The largest absolute Gasteiger partial charge is 0.412 e. The Hall–Kier alpha value is 1.95. The minimum Gasteiger partial charge on any atom is -0.412 e. The van der Waals surface area contributed by atoms with Crippen LogP contribution in [0, 0.1) is 0 Å². The van der Waals surface area contributed by atoms with Crippen LogP contribution < -0.4 is 0 Å². The van der Waals surface area contributed by atoms with E-state index >= 15 is 0 Å². The van der Waals surface area contributed by atoms with E-state index in [0.29, 0.717) is 0 Å². The van der Waals surface area contributed by atoms with Crippen molar-refractivity contribution in [3.05, 3.63) is 0 Å². The van der Waals surface area contributed by atoms with Gasteiger partial charge in [-0.3, -0.25) is 0 Å². The van der Waals surface area contributed by atoms with Crippen LogP contribution in [0.15, 0.2) is 0 Å². The summed E-state index contributed by atoms with van der Waals surface area (Å²) in [6.45, 7) is 0. The molecule has 0 spiro atoms. The Labute approximate surface area is 92.1 Å². The van der Waals surface area contributed by atoms with Gasteiger partial charge in [-0.2, -0.15) is 0 Å². The fraction of sp³-hybridized carbons (Fsp3) is 0. The molecule has 0 radical (unpaired) electrons. The minimum atomic E-state index is 0. The topological polar surface area (TPSA) is 126 Å². The van der Waals surface area contributed by atoms with Crippen molar-refractivity contribution in [2.24, 2.45) is 0 Å². The van der Waals surface area contributed by atoms with Crippen molar-refractivity contribution >= 4 is 70.9 Å². The first-order valence-electron chi connectivity index (χ1n) is 0. The molecule has 56 valence electrons. The van der Waals surface area contributed by atoms with Gasteiger partial charge < -0.3 is 21.9 Å². The second-order valence-electron chi connectivity index (χ2n) is 0. The van der Waals surface area contributed by atoms with Crippen molar-refractivity contribution in [1.82, 2.24) is 0 Å². The molecule has 0 aliphatic carbocycles. The average molecular weight is 198 g/mol. The van der Waals surface area contributed by atoms with E-state index in [1.165, 1.54) is 0 Å². The molecule has 0 atom stereocenters. The zero-order chi connectivity index (χ0) is 0. The van der Waals surface area contributed by atoms with Crippen molar-refractivity contribution < 1.29 is 21.9 Å². The van der Waals surface area contributed by atoms with Crippen LogP contribution in [-0.4, -0.2) is 68.0 Å². The molecule has 0 unspecified atom stereocenters. The number of rotatable bonds is 0. The fourth-order valence-corrected chi connectivity index (χ4v) is 0. The van der Waals surface area contributed by atoms with Crippen LogP contribution >= 0.6 is 24.8 Å². The van der Waals surface area contributed by atoms with E-state index in [1.807, 2.05) is 0 Å². The predicted molar refractivity (Wildman–Crippen MR) is 46.0 cm³/mol. The molecule has 8 N–H and O–H groups in total. The van der Waals surface area contributed by atoms with Gasteiger partial charge in [-0.15, -0.1) is 24.8 Å². The van der Waals surface area contributed by atoms with Crippen LogP contribution in [0.5, 0.6) is 0 Å². The highest BCUT2D eigenvalue weighted by atomic mass is 35.5. The maximum atomic E-state index is 0. The van der Waals surface area contributed by atoms with Crippen LogP contribution in [0.4, 0.5) is 0 Å². The summed E-state index contributed by atoms with van der Waals surface area (Å²) in [5.41, 5.74) is 0. The zero-order valence-electron chi connectivity index (χ0n) is 2.82. The standard InChI is InChI=1S/2ClH.2Mg.4H2O.4H/h2*1H;;;4*1H2;;;;. The highest BCUT2D eigenvalue weighted by Gasteiger charge is 0.317. The summed E-state index contributed by atoms with van der Waals surface area (Å²) < 4.78 is 0. The molecule has 0 aromatic heterocycles. The maximum Gasteiger partial charge on any atom is 0.316 e. The third-order valence-corrected chi connectivity index (χ3v) is 0. The Balaban J connectivity index is 0.